The van der Waals surface area contributed by atoms with Crippen molar-refractivity contribution in [3.63, 3.8) is 0 Å². The van der Waals surface area contributed by atoms with E-state index in [0.717, 1.165) is 108 Å². The summed E-state index contributed by atoms with van der Waals surface area (Å²) >= 11 is 0. The highest BCUT2D eigenvalue weighted by atomic mass is 31.2. The van der Waals surface area contributed by atoms with E-state index in [2.05, 4.69) is 55.4 Å². The summed E-state index contributed by atoms with van der Waals surface area (Å²) in [6.45, 7) is 14.0. The quantitative estimate of drug-likeness (QED) is 0.0222. The predicted octanol–water partition coefficient (Wildman–Crippen LogP) is 19.3. The van der Waals surface area contributed by atoms with E-state index in [9.17, 15) is 43.2 Å². The number of hydrogen-bond acceptors (Lipinski definition) is 15. The summed E-state index contributed by atoms with van der Waals surface area (Å²) < 4.78 is 68.2. The van der Waals surface area contributed by atoms with Gasteiger partial charge in [0.1, 0.15) is 19.3 Å². The number of ether oxygens (including phenoxy) is 4. The van der Waals surface area contributed by atoms with Crippen LogP contribution in [0.5, 0.6) is 0 Å². The summed E-state index contributed by atoms with van der Waals surface area (Å²) in [5, 5.41) is 10.6. The van der Waals surface area contributed by atoms with Crippen LogP contribution in [-0.4, -0.2) is 96.7 Å². The molecule has 0 saturated heterocycles. The Morgan fingerprint density at radius 3 is 0.807 bits per heavy atom. The normalized spacial score (nSPS) is 14.6. The van der Waals surface area contributed by atoms with E-state index in [1.165, 1.54) is 141 Å². The topological polar surface area (TPSA) is 237 Å². The SMILES string of the molecule is CCC(C)CCCCCCCCCCC(=O)O[C@H](COC(=O)CCCCCCCCCCCCCCCC(C)C)COP(=O)(O)OCC(O)COP(=O)(O)OC[C@@H](COC(=O)CCCCCCCCCCC(C)C)OC(=O)CCCCCCCCC(C)C. The fourth-order valence-electron chi connectivity index (χ4n) is 10.3. The molecule has 0 radical (unpaired) electrons. The molecular weight excluding hydrogens is 1160 g/mol. The number of carbonyl (C=O) groups excluding carboxylic acids is 4. The van der Waals surface area contributed by atoms with Crippen LogP contribution in [0, 0.1) is 23.7 Å². The minimum atomic E-state index is -4.95. The molecule has 0 saturated carbocycles. The molecule has 6 atom stereocenters. The molecule has 0 amide bonds. The average molecular weight is 1300 g/mol. The fourth-order valence-corrected chi connectivity index (χ4v) is 11.9. The van der Waals surface area contributed by atoms with Crippen LogP contribution in [0.15, 0.2) is 0 Å². The number of aliphatic hydroxyl groups excluding tert-OH is 1. The minimum Gasteiger partial charge on any atom is -0.462 e. The molecular formula is C69H134O17P2. The van der Waals surface area contributed by atoms with Gasteiger partial charge in [0.2, 0.25) is 0 Å². The number of esters is 4. The van der Waals surface area contributed by atoms with Gasteiger partial charge in [0, 0.05) is 25.7 Å². The lowest BCUT2D eigenvalue weighted by atomic mass is 9.99. The molecule has 0 aromatic heterocycles. The molecule has 0 heterocycles. The van der Waals surface area contributed by atoms with Crippen molar-refractivity contribution in [1.82, 2.24) is 0 Å². The van der Waals surface area contributed by atoms with Crippen LogP contribution in [0.25, 0.3) is 0 Å². The summed E-state index contributed by atoms with van der Waals surface area (Å²) in [5.41, 5.74) is 0. The van der Waals surface area contributed by atoms with Gasteiger partial charge in [0.15, 0.2) is 12.2 Å². The van der Waals surface area contributed by atoms with Crippen LogP contribution < -0.4 is 0 Å². The molecule has 4 unspecified atom stereocenters. The number of unbranched alkanes of at least 4 members (excludes halogenated alkanes) is 31. The zero-order valence-electron chi connectivity index (χ0n) is 57.3. The third-order valence-electron chi connectivity index (χ3n) is 16.2. The van der Waals surface area contributed by atoms with Gasteiger partial charge in [-0.1, -0.05) is 287 Å². The Hall–Kier alpha value is -1.94. The average Bonchev–Trinajstić information content (AvgIpc) is 3.50. The Morgan fingerprint density at radius 2 is 0.545 bits per heavy atom. The number of hydrogen-bond donors (Lipinski definition) is 3. The van der Waals surface area contributed by atoms with Gasteiger partial charge in [-0.2, -0.15) is 0 Å². The first-order valence-electron chi connectivity index (χ1n) is 35.7. The second-order valence-electron chi connectivity index (χ2n) is 26.6. The monoisotopic (exact) mass is 1300 g/mol. The van der Waals surface area contributed by atoms with Crippen molar-refractivity contribution in [2.75, 3.05) is 39.6 Å². The molecule has 522 valence electrons. The minimum absolute atomic E-state index is 0.101. The van der Waals surface area contributed by atoms with Gasteiger partial charge in [-0.05, 0) is 49.4 Å². The second-order valence-corrected chi connectivity index (χ2v) is 29.5. The van der Waals surface area contributed by atoms with E-state index in [4.69, 9.17) is 37.0 Å². The lowest BCUT2D eigenvalue weighted by molar-refractivity contribution is -0.161. The first kappa shape index (κ1) is 86.1. The summed E-state index contributed by atoms with van der Waals surface area (Å²) in [5.74, 6) is 0.820. The molecule has 0 bridgehead atoms. The summed E-state index contributed by atoms with van der Waals surface area (Å²) in [6, 6.07) is 0. The number of phosphoric ester groups is 2. The van der Waals surface area contributed by atoms with Gasteiger partial charge in [-0.25, -0.2) is 9.13 Å². The number of phosphoric acid groups is 2. The fraction of sp³-hybridized carbons (Fsp3) is 0.942. The maximum Gasteiger partial charge on any atom is 0.472 e. The molecule has 0 aliphatic rings. The van der Waals surface area contributed by atoms with Gasteiger partial charge in [-0.15, -0.1) is 0 Å². The van der Waals surface area contributed by atoms with E-state index >= 15 is 0 Å². The first-order chi connectivity index (χ1) is 42.1. The lowest BCUT2D eigenvalue weighted by Gasteiger charge is -2.21. The van der Waals surface area contributed by atoms with E-state index in [1.807, 2.05) is 0 Å². The van der Waals surface area contributed by atoms with Crippen molar-refractivity contribution in [3.05, 3.63) is 0 Å². The van der Waals surface area contributed by atoms with Crippen LogP contribution in [0.1, 0.15) is 338 Å². The third kappa shape index (κ3) is 61.6. The van der Waals surface area contributed by atoms with Crippen molar-refractivity contribution in [2.45, 2.75) is 356 Å². The highest BCUT2D eigenvalue weighted by Crippen LogP contribution is 2.45. The van der Waals surface area contributed by atoms with Crippen molar-refractivity contribution in [2.24, 2.45) is 23.7 Å². The zero-order chi connectivity index (χ0) is 65.4. The molecule has 0 aromatic rings. The summed E-state index contributed by atoms with van der Waals surface area (Å²) in [7, 11) is -9.90. The molecule has 0 spiro atoms. The number of rotatable bonds is 66. The van der Waals surface area contributed by atoms with Crippen LogP contribution in [-0.2, 0) is 65.4 Å². The van der Waals surface area contributed by atoms with Gasteiger partial charge < -0.3 is 33.8 Å². The molecule has 88 heavy (non-hydrogen) atoms. The Kier molecular flexibility index (Phi) is 57.6. The maximum absolute atomic E-state index is 13.0. The van der Waals surface area contributed by atoms with Crippen molar-refractivity contribution < 1.29 is 80.2 Å². The van der Waals surface area contributed by atoms with E-state index in [0.29, 0.717) is 31.6 Å². The third-order valence-corrected chi connectivity index (χ3v) is 18.1. The molecule has 0 aliphatic heterocycles. The molecule has 0 fully saturated rings. The second kappa shape index (κ2) is 58.8. The van der Waals surface area contributed by atoms with Crippen LogP contribution in [0.3, 0.4) is 0 Å². The van der Waals surface area contributed by atoms with Gasteiger partial charge in [0.05, 0.1) is 26.4 Å². The first-order valence-corrected chi connectivity index (χ1v) is 38.7. The predicted molar refractivity (Wildman–Crippen MR) is 354 cm³/mol. The van der Waals surface area contributed by atoms with Crippen LogP contribution in [0.2, 0.25) is 0 Å². The van der Waals surface area contributed by atoms with Crippen LogP contribution >= 0.6 is 15.6 Å². The smallest absolute Gasteiger partial charge is 0.462 e. The highest BCUT2D eigenvalue weighted by Gasteiger charge is 2.30. The van der Waals surface area contributed by atoms with E-state index < -0.39 is 97.5 Å². The van der Waals surface area contributed by atoms with E-state index in [-0.39, 0.29) is 25.7 Å². The van der Waals surface area contributed by atoms with Gasteiger partial charge in [-0.3, -0.25) is 37.3 Å². The lowest BCUT2D eigenvalue weighted by Crippen LogP contribution is -2.30. The highest BCUT2D eigenvalue weighted by molar-refractivity contribution is 7.47. The van der Waals surface area contributed by atoms with Crippen molar-refractivity contribution in [1.29, 1.82) is 0 Å². The molecule has 17 nitrogen and oxygen atoms in total. The molecule has 0 aromatic carbocycles. The Labute approximate surface area is 537 Å². The molecule has 19 heteroatoms. The Balaban J connectivity index is 5.23. The van der Waals surface area contributed by atoms with Crippen LogP contribution in [0.4, 0.5) is 0 Å². The summed E-state index contributed by atoms with van der Waals surface area (Å²) in [6.07, 6.45) is 40.5. The Morgan fingerprint density at radius 1 is 0.318 bits per heavy atom. The van der Waals surface area contributed by atoms with Crippen molar-refractivity contribution in [3.8, 4) is 0 Å². The Bertz CT molecular complexity index is 1750. The number of carbonyl (C=O) groups is 4. The standard InChI is InChI=1S/C69H134O17P2/c1-9-62(8)48-40-32-23-18-20-26-35-43-51-68(73)85-64(55-79-66(71)49-41-33-24-16-14-12-10-11-13-15-21-29-37-45-59(2)3)57-83-87(75,76)81-53-63(70)54-82-88(77,78)84-58-65(86-69(74)52-44-36-28-27-31-39-47-61(6)7)56-80-67(72)50-42-34-25-19-17-22-30-38-46-60(4)5/h59-65,70H,9-58H2,1-8H3,(H,75,76)(H,77,78)/t62?,63?,64-,65-/m1/s1. The van der Waals surface area contributed by atoms with E-state index in [1.54, 1.807) is 0 Å². The molecule has 0 aliphatic carbocycles. The largest absolute Gasteiger partial charge is 0.472 e. The molecule has 3 N–H and O–H groups in total. The zero-order valence-corrected chi connectivity index (χ0v) is 59.1. The van der Waals surface area contributed by atoms with Gasteiger partial charge >= 0.3 is 39.5 Å². The summed E-state index contributed by atoms with van der Waals surface area (Å²) in [4.78, 5) is 72.4. The number of aliphatic hydroxyl groups is 1. The molecule has 0 rings (SSSR count). The maximum atomic E-state index is 13.0. The van der Waals surface area contributed by atoms with Gasteiger partial charge in [0.25, 0.3) is 0 Å². The van der Waals surface area contributed by atoms with Crippen molar-refractivity contribution >= 4 is 39.5 Å².